The molecule has 2 heterocycles. The zero-order valence-corrected chi connectivity index (χ0v) is 13.8. The van der Waals surface area contributed by atoms with Crippen molar-refractivity contribution in [1.29, 1.82) is 0 Å². The molecule has 3 rings (SSSR count). The van der Waals surface area contributed by atoms with Crippen LogP contribution in [0.25, 0.3) is 10.9 Å². The van der Waals surface area contributed by atoms with Crippen LogP contribution < -0.4 is 0 Å². The highest BCUT2D eigenvalue weighted by Gasteiger charge is 2.08. The summed E-state index contributed by atoms with van der Waals surface area (Å²) in [6.45, 7) is 5.51. The Labute approximate surface area is 136 Å². The molecule has 0 aliphatic heterocycles. The smallest absolute Gasteiger partial charge is 0.0641 e. The van der Waals surface area contributed by atoms with Crippen molar-refractivity contribution in [2.45, 2.75) is 26.6 Å². The Morgan fingerprint density at radius 1 is 1.17 bits per heavy atom. The van der Waals surface area contributed by atoms with Crippen LogP contribution in [0, 0.1) is 6.92 Å². The number of aryl methyl sites for hydroxylation is 1. The lowest BCUT2D eigenvalue weighted by atomic mass is 10.2. The number of benzene rings is 1. The number of rotatable bonds is 7. The van der Waals surface area contributed by atoms with Crippen LogP contribution in [0.5, 0.6) is 0 Å². The summed E-state index contributed by atoms with van der Waals surface area (Å²) < 4.78 is 4.12. The average Bonchev–Trinajstić information content (AvgIpc) is 3.10. The van der Waals surface area contributed by atoms with E-state index in [1.54, 1.807) is 0 Å². The molecule has 0 aliphatic rings. The van der Waals surface area contributed by atoms with Crippen molar-refractivity contribution >= 4 is 10.9 Å². The molecular weight excluding hydrogens is 288 g/mol. The monoisotopic (exact) mass is 312 g/mol. The lowest BCUT2D eigenvalue weighted by Crippen LogP contribution is -2.22. The fourth-order valence-electron chi connectivity index (χ4n) is 2.92. The van der Waals surface area contributed by atoms with Crippen LogP contribution in [0.1, 0.15) is 11.3 Å². The summed E-state index contributed by atoms with van der Waals surface area (Å²) in [4.78, 5) is 2.31. The Bertz CT molecular complexity index is 774. The molecule has 2 aromatic heterocycles. The molecule has 23 heavy (non-hydrogen) atoms. The first kappa shape index (κ1) is 15.8. The molecule has 5 nitrogen and oxygen atoms in total. The predicted octanol–water partition coefficient (Wildman–Crippen LogP) is 2.27. The number of aliphatic hydroxyl groups excluding tert-OH is 1. The summed E-state index contributed by atoms with van der Waals surface area (Å²) in [5.74, 6) is 0. The van der Waals surface area contributed by atoms with Gasteiger partial charge in [-0.2, -0.15) is 5.10 Å². The van der Waals surface area contributed by atoms with Crippen LogP contribution in [0.15, 0.2) is 42.7 Å². The zero-order valence-electron chi connectivity index (χ0n) is 13.8. The lowest BCUT2D eigenvalue weighted by Gasteiger charge is -2.17. The van der Waals surface area contributed by atoms with Crippen molar-refractivity contribution in [2.24, 2.45) is 0 Å². The molecule has 0 aliphatic carbocycles. The van der Waals surface area contributed by atoms with Gasteiger partial charge in [0.15, 0.2) is 0 Å². The van der Waals surface area contributed by atoms with Crippen LogP contribution in [0.2, 0.25) is 0 Å². The molecule has 0 bridgehead atoms. The zero-order chi connectivity index (χ0) is 16.2. The summed E-state index contributed by atoms with van der Waals surface area (Å²) in [5, 5.41) is 14.7. The molecule has 0 atom stereocenters. The molecule has 5 heteroatoms. The van der Waals surface area contributed by atoms with Gasteiger partial charge in [-0.1, -0.05) is 18.2 Å². The second kappa shape index (κ2) is 6.98. The SMILES string of the molecule is Cc1nn(CCO)cc1CN(C)CCn1ccc2ccccc21. The number of nitrogens with zero attached hydrogens (tertiary/aromatic N) is 4. The van der Waals surface area contributed by atoms with Gasteiger partial charge < -0.3 is 14.6 Å². The Kier molecular flexibility index (Phi) is 4.79. The van der Waals surface area contributed by atoms with Crippen molar-refractivity contribution in [1.82, 2.24) is 19.2 Å². The maximum absolute atomic E-state index is 9.00. The number of aliphatic hydroxyl groups is 1. The summed E-state index contributed by atoms with van der Waals surface area (Å²) in [6.07, 6.45) is 4.19. The first-order valence-electron chi connectivity index (χ1n) is 8.03. The van der Waals surface area contributed by atoms with E-state index in [0.29, 0.717) is 6.54 Å². The number of likely N-dealkylation sites (N-methyl/N-ethyl adjacent to an activating group) is 1. The first-order chi connectivity index (χ1) is 11.2. The van der Waals surface area contributed by atoms with Gasteiger partial charge >= 0.3 is 0 Å². The van der Waals surface area contributed by atoms with E-state index in [1.165, 1.54) is 16.5 Å². The highest BCUT2D eigenvalue weighted by molar-refractivity contribution is 5.79. The third-order valence-corrected chi connectivity index (χ3v) is 4.22. The Balaban J connectivity index is 1.60. The fraction of sp³-hybridized carbons (Fsp3) is 0.389. The molecule has 122 valence electrons. The number of aromatic nitrogens is 3. The van der Waals surface area contributed by atoms with Crippen molar-refractivity contribution < 1.29 is 5.11 Å². The lowest BCUT2D eigenvalue weighted by molar-refractivity contribution is 0.269. The standard InChI is InChI=1S/C18H24N4O/c1-15-17(14-22(19-15)11-12-23)13-20(2)9-10-21-8-7-16-5-3-4-6-18(16)21/h3-8,14,23H,9-13H2,1-2H3. The second-order valence-electron chi connectivity index (χ2n) is 6.03. The van der Waals surface area contributed by atoms with Crippen molar-refractivity contribution in [3.05, 3.63) is 54.0 Å². The van der Waals surface area contributed by atoms with Gasteiger partial charge in [-0.15, -0.1) is 0 Å². The van der Waals surface area contributed by atoms with E-state index in [4.69, 9.17) is 5.11 Å². The topological polar surface area (TPSA) is 46.2 Å². The molecule has 0 spiro atoms. The second-order valence-corrected chi connectivity index (χ2v) is 6.03. The van der Waals surface area contributed by atoms with Crippen LogP contribution in [0.3, 0.4) is 0 Å². The minimum absolute atomic E-state index is 0.122. The van der Waals surface area contributed by atoms with E-state index in [9.17, 15) is 0 Å². The Hall–Kier alpha value is -2.11. The molecule has 0 fully saturated rings. The maximum atomic E-state index is 9.00. The summed E-state index contributed by atoms with van der Waals surface area (Å²) in [5.41, 5.74) is 3.54. The number of para-hydroxylation sites is 1. The summed E-state index contributed by atoms with van der Waals surface area (Å²) in [6, 6.07) is 10.6. The summed E-state index contributed by atoms with van der Waals surface area (Å²) in [7, 11) is 2.13. The van der Waals surface area contributed by atoms with Gasteiger partial charge in [0.1, 0.15) is 0 Å². The predicted molar refractivity (Wildman–Crippen MR) is 92.3 cm³/mol. The van der Waals surface area contributed by atoms with Crippen molar-refractivity contribution in [2.75, 3.05) is 20.2 Å². The minimum atomic E-state index is 0.122. The van der Waals surface area contributed by atoms with Gasteiger partial charge in [0, 0.05) is 43.1 Å². The first-order valence-corrected chi connectivity index (χ1v) is 8.03. The fourth-order valence-corrected chi connectivity index (χ4v) is 2.92. The number of fused-ring (bicyclic) bond motifs is 1. The van der Waals surface area contributed by atoms with Crippen molar-refractivity contribution in [3.8, 4) is 0 Å². The number of hydrogen-bond donors (Lipinski definition) is 1. The molecule has 0 saturated heterocycles. The normalized spacial score (nSPS) is 11.7. The minimum Gasteiger partial charge on any atom is -0.394 e. The third kappa shape index (κ3) is 3.63. The third-order valence-electron chi connectivity index (χ3n) is 4.22. The van der Waals surface area contributed by atoms with Crippen LogP contribution in [-0.4, -0.2) is 44.6 Å². The Morgan fingerprint density at radius 2 is 2.00 bits per heavy atom. The molecule has 1 N–H and O–H groups in total. The highest BCUT2D eigenvalue weighted by Crippen LogP contribution is 2.15. The van der Waals surface area contributed by atoms with E-state index < -0.39 is 0 Å². The quantitative estimate of drug-likeness (QED) is 0.728. The summed E-state index contributed by atoms with van der Waals surface area (Å²) >= 11 is 0. The maximum Gasteiger partial charge on any atom is 0.0641 e. The molecule has 1 aromatic carbocycles. The van der Waals surface area contributed by atoms with E-state index in [1.807, 2.05) is 17.8 Å². The van der Waals surface area contributed by atoms with Crippen LogP contribution in [-0.2, 0) is 19.6 Å². The molecular formula is C18H24N4O. The highest BCUT2D eigenvalue weighted by atomic mass is 16.3. The largest absolute Gasteiger partial charge is 0.394 e. The van der Waals surface area contributed by atoms with Gasteiger partial charge in [-0.3, -0.25) is 4.68 Å². The van der Waals surface area contributed by atoms with Crippen LogP contribution in [0.4, 0.5) is 0 Å². The van der Waals surface area contributed by atoms with Gasteiger partial charge in [0.2, 0.25) is 0 Å². The van der Waals surface area contributed by atoms with E-state index in [2.05, 4.69) is 58.1 Å². The Morgan fingerprint density at radius 3 is 2.83 bits per heavy atom. The molecule has 0 unspecified atom stereocenters. The molecule has 0 radical (unpaired) electrons. The van der Waals surface area contributed by atoms with Gasteiger partial charge in [0.05, 0.1) is 18.8 Å². The van der Waals surface area contributed by atoms with Gasteiger partial charge in [-0.25, -0.2) is 0 Å². The van der Waals surface area contributed by atoms with E-state index in [-0.39, 0.29) is 6.61 Å². The van der Waals surface area contributed by atoms with E-state index >= 15 is 0 Å². The van der Waals surface area contributed by atoms with Crippen molar-refractivity contribution in [3.63, 3.8) is 0 Å². The van der Waals surface area contributed by atoms with Gasteiger partial charge in [-0.05, 0) is 31.5 Å². The van der Waals surface area contributed by atoms with Gasteiger partial charge in [0.25, 0.3) is 0 Å². The molecule has 0 amide bonds. The number of hydrogen-bond acceptors (Lipinski definition) is 3. The molecule has 3 aromatic rings. The van der Waals surface area contributed by atoms with Crippen LogP contribution >= 0.6 is 0 Å². The van der Waals surface area contributed by atoms with E-state index in [0.717, 1.165) is 25.3 Å². The average molecular weight is 312 g/mol. The molecule has 0 saturated carbocycles.